The van der Waals surface area contributed by atoms with Crippen molar-refractivity contribution < 1.29 is 98.4 Å². The fourth-order valence-corrected chi connectivity index (χ4v) is 10.9. The number of carbonyl (C=O) groups excluding carboxylic acids is 3. The summed E-state index contributed by atoms with van der Waals surface area (Å²) in [4.78, 5) is 63.1. The largest absolute Gasteiger partial charge is 0.534 e. The topological polar surface area (TPSA) is 279 Å². The lowest BCUT2D eigenvalue weighted by Crippen LogP contribution is -2.41. The molecule has 6 aromatic rings. The van der Waals surface area contributed by atoms with Crippen molar-refractivity contribution in [2.24, 2.45) is 0 Å². The Morgan fingerprint density at radius 2 is 1.11 bits per heavy atom. The number of pyridine rings is 2. The van der Waals surface area contributed by atoms with Gasteiger partial charge in [0.05, 0.1) is 52.8 Å². The van der Waals surface area contributed by atoms with Crippen molar-refractivity contribution in [3.8, 4) is 22.9 Å². The number of hydrogen-bond donors (Lipinski definition) is 1. The van der Waals surface area contributed by atoms with E-state index in [2.05, 4.69) is 38.3 Å². The number of alkyl halides is 6. The number of halogens is 8. The molecule has 2 unspecified atom stereocenters. The van der Waals surface area contributed by atoms with Crippen LogP contribution in [0.1, 0.15) is 153 Å². The maximum absolute atomic E-state index is 13.1. The van der Waals surface area contributed by atoms with Crippen LogP contribution in [0.4, 0.5) is 35.1 Å². The Morgan fingerprint density at radius 3 is 1.55 bits per heavy atom. The van der Waals surface area contributed by atoms with Crippen molar-refractivity contribution in [2.75, 3.05) is 26.2 Å². The third-order valence-corrected chi connectivity index (χ3v) is 18.4. The molecule has 10 rings (SSSR count). The molecule has 2 atom stereocenters. The molecule has 8 heterocycles. The zero-order chi connectivity index (χ0) is 69.6. The van der Waals surface area contributed by atoms with E-state index in [0.717, 1.165) is 77.8 Å². The average Bonchev–Trinajstić information content (AvgIpc) is 1.59. The van der Waals surface area contributed by atoms with Gasteiger partial charge in [0, 0.05) is 73.3 Å². The van der Waals surface area contributed by atoms with E-state index in [0.29, 0.717) is 37.9 Å². The summed E-state index contributed by atoms with van der Waals surface area (Å²) >= 11 is 0. The van der Waals surface area contributed by atoms with Crippen LogP contribution in [0.25, 0.3) is 11.3 Å². The highest BCUT2D eigenvalue weighted by Crippen LogP contribution is 2.43. The monoisotopic (exact) mass is 1360 g/mol. The van der Waals surface area contributed by atoms with Gasteiger partial charge < -0.3 is 41.9 Å². The van der Waals surface area contributed by atoms with Crippen molar-refractivity contribution in [2.45, 2.75) is 147 Å². The molecule has 0 saturated carbocycles. The van der Waals surface area contributed by atoms with Crippen LogP contribution in [0, 0.1) is 11.6 Å². The van der Waals surface area contributed by atoms with Gasteiger partial charge >= 0.3 is 45.3 Å². The fraction of sp³-hybridized carbons (Fsp3) is 0.450. The normalized spacial score (nSPS) is 18.8. The molecule has 0 bridgehead atoms. The molecule has 1 N–H and O–H groups in total. The minimum Gasteiger partial charge on any atom is -0.405 e. The highest BCUT2D eigenvalue weighted by Gasteiger charge is 2.64. The Kier molecular flexibility index (Phi) is 22.9. The van der Waals surface area contributed by atoms with Gasteiger partial charge in [-0.2, -0.15) is 43.2 Å². The number of aliphatic hydroxyl groups excluding tert-OH is 1. The van der Waals surface area contributed by atoms with E-state index in [-0.39, 0.29) is 82.2 Å². The summed E-state index contributed by atoms with van der Waals surface area (Å²) in [6.45, 7) is 21.4. The van der Waals surface area contributed by atoms with Crippen LogP contribution >= 0.6 is 0 Å². The van der Waals surface area contributed by atoms with Crippen LogP contribution in [0.2, 0.25) is 0 Å². The van der Waals surface area contributed by atoms with Crippen LogP contribution in [-0.2, 0) is 58.3 Å². The summed E-state index contributed by atoms with van der Waals surface area (Å²) in [6.07, 6.45) is 10.1. The number of likely N-dealkylation sites (tertiary alicyclic amines) is 2. The van der Waals surface area contributed by atoms with Crippen molar-refractivity contribution >= 4 is 52.4 Å². The molecule has 4 aliphatic rings. The van der Waals surface area contributed by atoms with Crippen molar-refractivity contribution in [3.63, 3.8) is 0 Å². The number of benzene rings is 2. The number of aromatic nitrogens is 6. The molecule has 0 aliphatic carbocycles. The number of aldehydes is 1. The van der Waals surface area contributed by atoms with Gasteiger partial charge in [-0.05, 0) is 140 Å². The van der Waals surface area contributed by atoms with Gasteiger partial charge in [0.1, 0.15) is 41.4 Å². The first-order valence-electron chi connectivity index (χ1n) is 29.2. The Morgan fingerprint density at radius 1 is 0.628 bits per heavy atom. The maximum atomic E-state index is 13.1. The molecule has 0 spiro atoms. The van der Waals surface area contributed by atoms with E-state index in [4.69, 9.17) is 18.6 Å². The first-order chi connectivity index (χ1) is 43.8. The predicted octanol–water partition coefficient (Wildman–Crippen LogP) is 9.77. The Labute approximate surface area is 538 Å². The van der Waals surface area contributed by atoms with Crippen molar-refractivity contribution in [1.82, 2.24) is 39.7 Å². The molecule has 4 fully saturated rings. The van der Waals surface area contributed by atoms with Gasteiger partial charge in [-0.1, -0.05) is 32.0 Å². The van der Waals surface area contributed by atoms with E-state index in [1.807, 2.05) is 80.5 Å². The minimum atomic E-state index is -5.86. The molecule has 4 aliphatic heterocycles. The number of aliphatic hydroxyl groups is 1. The second-order valence-corrected chi connectivity index (χ2v) is 26.9. The van der Waals surface area contributed by atoms with Crippen LogP contribution in [0.3, 0.4) is 0 Å². The molecule has 0 radical (unpaired) electrons. The number of aryl methyl sites for hydroxylation is 2. The number of rotatable bonds is 14. The molecule has 2 aromatic carbocycles. The second kappa shape index (κ2) is 29.2. The van der Waals surface area contributed by atoms with E-state index in [9.17, 15) is 71.4 Å². The summed E-state index contributed by atoms with van der Waals surface area (Å²) in [5.74, 6) is -3.13. The Bertz CT molecular complexity index is 3850. The third kappa shape index (κ3) is 17.3. The summed E-state index contributed by atoms with van der Waals surface area (Å²) in [5, 5.41) is 9.99. The van der Waals surface area contributed by atoms with Crippen LogP contribution in [-0.4, -0.2) is 153 Å². The molecule has 4 saturated heterocycles. The van der Waals surface area contributed by atoms with E-state index < -0.39 is 74.4 Å². The minimum absolute atomic E-state index is 0.0498. The Balaban J connectivity index is 0.000000184. The summed E-state index contributed by atoms with van der Waals surface area (Å²) < 4.78 is 175. The maximum Gasteiger partial charge on any atom is 0.534 e. The first-order valence-corrected chi connectivity index (χ1v) is 32.1. The number of carbonyl (C=O) groups is 3. The molecule has 2 amide bonds. The summed E-state index contributed by atoms with van der Waals surface area (Å²) in [5.41, 5.74) is -7.13. The number of amides is 2. The summed E-state index contributed by atoms with van der Waals surface area (Å²) in [7, 11) is -12.5. The standard InChI is InChI=1S/C23H23FN4O2.C18H14F4N2O5S.C12H24B2O4.C7H7F3N2O3S/c1-2-20-22(26-9-8-25-20)15-3-5-19(17(11-15)14-29)16-7-10-28(13-16)23(30)21-6-4-18(24)12-27-21;19-13-1-4-16(23-8-13)17(26)24-6-5-11(9-24)15-3-2-14(7-12(15)10-25)29-30(27,28)18(20,21)22;1-9(2)10(3,4)16-13(15-9)14-17-11(5,6)12(7,8)18-14;1-2-5-3-11-4-12-6(5)15-16(13,14)7(8,9)10/h3-6,8-9,11-12,16,29H,2,7,10,13-14H2,1H3;1-4,7-8,10-11H,5-6,9H2;1-8H3;3-4H,2H2,1H3. The zero-order valence-electron chi connectivity index (χ0n) is 52.7. The molecule has 94 heavy (non-hydrogen) atoms. The van der Waals surface area contributed by atoms with Crippen LogP contribution in [0.5, 0.6) is 11.6 Å². The lowest BCUT2D eigenvalue weighted by molar-refractivity contribution is -0.0505. The van der Waals surface area contributed by atoms with Crippen molar-refractivity contribution in [1.29, 1.82) is 0 Å². The SMILES string of the molecule is CC1(C)OB(B2OC(C)(C)C(C)(C)O2)OC1(C)C.CCc1cncnc1OS(=O)(=O)C(F)(F)F.CCc1nccnc1-c1ccc(C2CCN(C(=O)c3ccc(F)cn3)C2)c(CO)c1.O=Cc1cc(OS(=O)(=O)C(F)(F)F)ccc1C1CCN(C(=O)c2ccc(F)cn2)C1. The lowest BCUT2D eigenvalue weighted by Gasteiger charge is -2.32. The molecule has 4 aromatic heterocycles. The highest BCUT2D eigenvalue weighted by atomic mass is 32.2. The quantitative estimate of drug-likeness (QED) is 0.0349. The molecule has 506 valence electrons. The van der Waals surface area contributed by atoms with Gasteiger partial charge in [-0.15, -0.1) is 0 Å². The third-order valence-electron chi connectivity index (χ3n) is 16.5. The van der Waals surface area contributed by atoms with Crippen LogP contribution in [0.15, 0.2) is 98.0 Å². The van der Waals surface area contributed by atoms with Gasteiger partial charge in [0.15, 0.2) is 0 Å². The van der Waals surface area contributed by atoms with Gasteiger partial charge in [-0.25, -0.2) is 28.7 Å². The van der Waals surface area contributed by atoms with Gasteiger partial charge in [-0.3, -0.25) is 24.4 Å². The average molecular weight is 1360 g/mol. The Hall–Kier alpha value is -7.62. The van der Waals surface area contributed by atoms with E-state index in [1.54, 1.807) is 24.2 Å². The number of hydrogen-bond acceptors (Lipinski definition) is 20. The molecular weight excluding hydrogens is 1290 g/mol. The predicted molar refractivity (Wildman–Crippen MR) is 324 cm³/mol. The molecular formula is C60H68B2F8N8O14S2. The lowest BCUT2D eigenvalue weighted by atomic mass is 9.49. The van der Waals surface area contributed by atoms with Gasteiger partial charge in [0.2, 0.25) is 5.88 Å². The smallest absolute Gasteiger partial charge is 0.405 e. The highest BCUT2D eigenvalue weighted by molar-refractivity contribution is 7.88. The van der Waals surface area contributed by atoms with Crippen molar-refractivity contribution in [3.05, 3.63) is 155 Å². The van der Waals surface area contributed by atoms with E-state index >= 15 is 0 Å². The molecule has 22 nitrogen and oxygen atoms in total. The molecule has 34 heteroatoms. The first kappa shape index (κ1) is 73.8. The summed E-state index contributed by atoms with van der Waals surface area (Å²) in [6, 6.07) is 14.2. The van der Waals surface area contributed by atoms with E-state index in [1.165, 1.54) is 35.4 Å². The van der Waals surface area contributed by atoms with Gasteiger partial charge in [0.25, 0.3) is 11.8 Å². The zero-order valence-corrected chi connectivity index (χ0v) is 54.3. The fourth-order valence-electron chi connectivity index (χ4n) is 9.95. The second-order valence-electron chi connectivity index (χ2n) is 23.8. The van der Waals surface area contributed by atoms with Crippen LogP contribution < -0.4 is 8.37 Å². The number of nitrogens with zero attached hydrogens (tertiary/aromatic N) is 8.